The molecule has 0 amide bonds. The van der Waals surface area contributed by atoms with Gasteiger partial charge in [-0.25, -0.2) is 4.79 Å². The van der Waals surface area contributed by atoms with Gasteiger partial charge in [0.15, 0.2) is 0 Å². The lowest BCUT2D eigenvalue weighted by Gasteiger charge is -2.46. The predicted molar refractivity (Wildman–Crippen MR) is 164 cm³/mol. The van der Waals surface area contributed by atoms with E-state index in [0.717, 1.165) is 22.3 Å². The number of hydrogen-bond donors (Lipinski definition) is 1. The van der Waals surface area contributed by atoms with E-state index in [1.807, 2.05) is 62.4 Å². The van der Waals surface area contributed by atoms with Crippen molar-refractivity contribution in [2.24, 2.45) is 0 Å². The molecular formula is C33H30N4O6. The van der Waals surface area contributed by atoms with Crippen molar-refractivity contribution >= 4 is 28.7 Å². The van der Waals surface area contributed by atoms with Crippen LogP contribution >= 0.6 is 0 Å². The Hall–Kier alpha value is -5.51. The molecule has 2 atom stereocenters. The molecule has 1 aliphatic rings. The maximum absolute atomic E-state index is 13.6. The molecule has 1 aliphatic heterocycles. The van der Waals surface area contributed by atoms with E-state index in [1.54, 1.807) is 24.3 Å². The van der Waals surface area contributed by atoms with E-state index in [1.165, 1.54) is 31.4 Å². The first-order chi connectivity index (χ1) is 20.7. The molecular weight excluding hydrogens is 548 g/mol. The second-order valence-corrected chi connectivity index (χ2v) is 10.4. The number of benzene rings is 4. The van der Waals surface area contributed by atoms with E-state index >= 15 is 0 Å². The van der Waals surface area contributed by atoms with Gasteiger partial charge < -0.3 is 15.0 Å². The molecule has 0 unspecified atom stereocenters. The van der Waals surface area contributed by atoms with Gasteiger partial charge in [-0.1, -0.05) is 59.7 Å². The Kier molecular flexibility index (Phi) is 8.20. The zero-order valence-electron chi connectivity index (χ0n) is 23.9. The van der Waals surface area contributed by atoms with E-state index in [-0.39, 0.29) is 17.4 Å². The summed E-state index contributed by atoms with van der Waals surface area (Å²) in [5.41, 5.74) is 6.10. The van der Waals surface area contributed by atoms with Gasteiger partial charge in [-0.2, -0.15) is 0 Å². The first kappa shape index (κ1) is 29.0. The molecule has 0 aliphatic carbocycles. The van der Waals surface area contributed by atoms with Gasteiger partial charge in [0.25, 0.3) is 11.4 Å². The number of methoxy groups -OCH3 is 1. The molecule has 43 heavy (non-hydrogen) atoms. The fraction of sp³-hybridized carbons (Fsp3) is 0.182. The molecule has 4 aromatic rings. The number of nitrogens with one attached hydrogen (secondary N) is 1. The van der Waals surface area contributed by atoms with E-state index in [0.29, 0.717) is 29.1 Å². The number of nitro groups is 2. The number of hydrogen-bond acceptors (Lipinski definition) is 8. The highest BCUT2D eigenvalue weighted by Gasteiger charge is 2.41. The lowest BCUT2D eigenvalue weighted by molar-refractivity contribution is -0.385. The summed E-state index contributed by atoms with van der Waals surface area (Å²) in [7, 11) is 1.33. The zero-order valence-corrected chi connectivity index (χ0v) is 23.9. The smallest absolute Gasteiger partial charge is 0.337 e. The summed E-state index contributed by atoms with van der Waals surface area (Å²) in [6.07, 6.45) is 0.351. The Morgan fingerprint density at radius 3 is 1.74 bits per heavy atom. The Bertz CT molecular complexity index is 1680. The van der Waals surface area contributed by atoms with Crippen LogP contribution in [0.2, 0.25) is 0 Å². The van der Waals surface area contributed by atoms with Gasteiger partial charge in [0.2, 0.25) is 0 Å². The average Bonchev–Trinajstić information content (AvgIpc) is 3.01. The summed E-state index contributed by atoms with van der Waals surface area (Å²) >= 11 is 0. The van der Waals surface area contributed by atoms with E-state index in [9.17, 15) is 25.0 Å². The SMILES string of the molecule is COC(=O)C1=C(Nc2ccc([N+](=O)[O-])cc2)C[C@@H](c2ccc(C)cc2)N(c2ccc([N+](=O)[O-])cc2)[C@@H]1c1ccc(C)cc1. The first-order valence-corrected chi connectivity index (χ1v) is 13.6. The van der Waals surface area contributed by atoms with Gasteiger partial charge in [0.1, 0.15) is 0 Å². The number of anilines is 2. The third-order valence-electron chi connectivity index (χ3n) is 7.60. The van der Waals surface area contributed by atoms with Gasteiger partial charge in [-0.05, 0) is 49.2 Å². The van der Waals surface area contributed by atoms with Crippen LogP contribution < -0.4 is 10.2 Å². The number of non-ortho nitro benzene ring substituents is 2. The lowest BCUT2D eigenvalue weighted by Crippen LogP contribution is -2.41. The van der Waals surface area contributed by atoms with Crippen LogP contribution in [0.4, 0.5) is 22.7 Å². The Morgan fingerprint density at radius 2 is 1.26 bits per heavy atom. The van der Waals surface area contributed by atoms with Crippen molar-refractivity contribution in [3.63, 3.8) is 0 Å². The minimum absolute atomic E-state index is 0.0382. The molecule has 1 N–H and O–H groups in total. The highest BCUT2D eigenvalue weighted by molar-refractivity contribution is 5.93. The van der Waals surface area contributed by atoms with E-state index in [2.05, 4.69) is 10.2 Å². The maximum atomic E-state index is 13.6. The standard InChI is InChI=1S/C33H30N4O6/c1-21-4-8-23(9-5-21)30-20-29(34-25-12-14-27(15-13-25)36(39)40)31(33(38)43-3)32(24-10-6-22(2)7-11-24)35(30)26-16-18-28(19-17-26)37(41)42/h4-19,30,32,34H,20H2,1-3H3/t30-,32+/m0/s1. The van der Waals surface area contributed by atoms with E-state index < -0.39 is 21.9 Å². The largest absolute Gasteiger partial charge is 0.466 e. The topological polar surface area (TPSA) is 128 Å². The first-order valence-electron chi connectivity index (χ1n) is 13.6. The van der Waals surface area contributed by atoms with Crippen molar-refractivity contribution in [2.45, 2.75) is 32.4 Å². The molecule has 0 saturated heterocycles. The summed E-state index contributed by atoms with van der Waals surface area (Å²) in [4.78, 5) is 37.5. The van der Waals surface area contributed by atoms with Gasteiger partial charge in [-0.15, -0.1) is 0 Å². The van der Waals surface area contributed by atoms with Crippen LogP contribution in [-0.2, 0) is 9.53 Å². The van der Waals surface area contributed by atoms with Crippen LogP contribution in [0.5, 0.6) is 0 Å². The van der Waals surface area contributed by atoms with Crippen LogP contribution in [0.3, 0.4) is 0 Å². The van der Waals surface area contributed by atoms with Gasteiger partial charge >= 0.3 is 5.97 Å². The minimum atomic E-state index is -0.643. The highest BCUT2D eigenvalue weighted by atomic mass is 16.6. The van der Waals surface area contributed by atoms with Crippen LogP contribution in [0, 0.1) is 34.1 Å². The Labute approximate surface area is 248 Å². The highest BCUT2D eigenvalue weighted by Crippen LogP contribution is 2.48. The van der Waals surface area contributed by atoms with Crippen molar-refractivity contribution in [1.29, 1.82) is 0 Å². The number of carbonyl (C=O) groups excluding carboxylic acids is 1. The second kappa shape index (κ2) is 12.2. The van der Waals surface area contributed by atoms with Crippen molar-refractivity contribution in [3.05, 3.63) is 151 Å². The Balaban J connectivity index is 1.75. The van der Waals surface area contributed by atoms with Crippen LogP contribution in [0.1, 0.15) is 40.8 Å². The molecule has 1 heterocycles. The molecule has 0 aromatic heterocycles. The average molecular weight is 579 g/mol. The molecule has 0 fully saturated rings. The molecule has 10 heteroatoms. The van der Waals surface area contributed by atoms with Crippen molar-refractivity contribution in [2.75, 3.05) is 17.3 Å². The Morgan fingerprint density at radius 1 is 0.767 bits per heavy atom. The van der Waals surface area contributed by atoms with Crippen molar-refractivity contribution in [3.8, 4) is 0 Å². The number of nitro benzene ring substituents is 2. The molecule has 218 valence electrons. The summed E-state index contributed by atoms with van der Waals surface area (Å²) in [5.74, 6) is -0.538. The van der Waals surface area contributed by atoms with E-state index in [4.69, 9.17) is 4.74 Å². The van der Waals surface area contributed by atoms with Crippen LogP contribution in [0.15, 0.2) is 108 Å². The monoisotopic (exact) mass is 578 g/mol. The summed E-state index contributed by atoms with van der Waals surface area (Å²) in [5, 5.41) is 26.1. The normalized spacial score (nSPS) is 16.5. The molecule has 0 spiro atoms. The number of esters is 1. The molecule has 5 rings (SSSR count). The lowest BCUT2D eigenvalue weighted by atomic mass is 9.83. The van der Waals surface area contributed by atoms with Gasteiger partial charge in [0.05, 0.1) is 34.6 Å². The number of ether oxygens (including phenoxy) is 1. The van der Waals surface area contributed by atoms with Crippen LogP contribution in [0.25, 0.3) is 0 Å². The molecule has 0 saturated carbocycles. The fourth-order valence-corrected chi connectivity index (χ4v) is 5.41. The summed E-state index contributed by atoms with van der Waals surface area (Å²) < 4.78 is 5.33. The minimum Gasteiger partial charge on any atom is -0.466 e. The predicted octanol–water partition coefficient (Wildman–Crippen LogP) is 7.35. The quantitative estimate of drug-likeness (QED) is 0.131. The molecule has 0 radical (unpaired) electrons. The number of aryl methyl sites for hydroxylation is 2. The summed E-state index contributed by atoms with van der Waals surface area (Å²) in [6, 6.07) is 27.4. The third-order valence-corrected chi connectivity index (χ3v) is 7.60. The summed E-state index contributed by atoms with van der Waals surface area (Å²) in [6.45, 7) is 3.98. The maximum Gasteiger partial charge on any atom is 0.337 e. The number of nitrogens with zero attached hydrogens (tertiary/aromatic N) is 3. The van der Waals surface area contributed by atoms with Gasteiger partial charge in [-0.3, -0.25) is 20.2 Å². The van der Waals surface area contributed by atoms with Crippen molar-refractivity contribution in [1.82, 2.24) is 0 Å². The molecule has 10 nitrogen and oxygen atoms in total. The van der Waals surface area contributed by atoms with Gasteiger partial charge in [0, 0.05) is 47.8 Å². The fourth-order valence-electron chi connectivity index (χ4n) is 5.41. The molecule has 0 bridgehead atoms. The van der Waals surface area contributed by atoms with Crippen molar-refractivity contribution < 1.29 is 19.4 Å². The second-order valence-electron chi connectivity index (χ2n) is 10.4. The third kappa shape index (κ3) is 6.08. The molecule has 4 aromatic carbocycles. The number of rotatable bonds is 8. The van der Waals surface area contributed by atoms with Crippen LogP contribution in [-0.4, -0.2) is 22.9 Å². The number of carbonyl (C=O) groups is 1. The zero-order chi connectivity index (χ0) is 30.7.